The summed E-state index contributed by atoms with van der Waals surface area (Å²) in [6.07, 6.45) is -0.0514. The molecule has 4 nitrogen and oxygen atoms in total. The number of halogens is 1. The van der Waals surface area contributed by atoms with Gasteiger partial charge in [0.05, 0.1) is 11.1 Å². The minimum absolute atomic E-state index is 0.141. The van der Waals surface area contributed by atoms with Crippen LogP contribution in [0.3, 0.4) is 0 Å². The second-order valence-corrected chi connectivity index (χ2v) is 6.39. The van der Waals surface area contributed by atoms with Crippen LogP contribution in [0.2, 0.25) is 5.02 Å². The SMILES string of the molecule is CC[C@H](Oc1ccccc1Cl)C(=O)N[C@@H](C)COc1ccc(C)cc1. The zero-order chi connectivity index (χ0) is 18.2. The highest BCUT2D eigenvalue weighted by atomic mass is 35.5. The van der Waals surface area contributed by atoms with Gasteiger partial charge in [-0.15, -0.1) is 0 Å². The third-order valence-corrected chi connectivity index (χ3v) is 3.99. The van der Waals surface area contributed by atoms with Gasteiger partial charge in [0, 0.05) is 0 Å². The van der Waals surface area contributed by atoms with Crippen LogP contribution in [0.15, 0.2) is 48.5 Å². The van der Waals surface area contributed by atoms with Crippen molar-refractivity contribution in [3.8, 4) is 11.5 Å². The van der Waals surface area contributed by atoms with Crippen LogP contribution in [-0.2, 0) is 4.79 Å². The van der Waals surface area contributed by atoms with Gasteiger partial charge in [0.1, 0.15) is 18.1 Å². The van der Waals surface area contributed by atoms with Crippen molar-refractivity contribution < 1.29 is 14.3 Å². The number of carbonyl (C=O) groups is 1. The summed E-state index contributed by atoms with van der Waals surface area (Å²) in [6, 6.07) is 14.8. The van der Waals surface area contributed by atoms with Crippen LogP contribution < -0.4 is 14.8 Å². The maximum Gasteiger partial charge on any atom is 0.261 e. The maximum absolute atomic E-state index is 12.4. The van der Waals surface area contributed by atoms with Crippen molar-refractivity contribution in [1.82, 2.24) is 5.32 Å². The van der Waals surface area contributed by atoms with Gasteiger partial charge in [-0.25, -0.2) is 0 Å². The summed E-state index contributed by atoms with van der Waals surface area (Å²) >= 11 is 6.09. The molecular weight excluding hydrogens is 338 g/mol. The summed E-state index contributed by atoms with van der Waals surface area (Å²) < 4.78 is 11.4. The molecule has 5 heteroatoms. The highest BCUT2D eigenvalue weighted by Gasteiger charge is 2.21. The topological polar surface area (TPSA) is 47.6 Å². The molecule has 1 N–H and O–H groups in total. The molecule has 0 heterocycles. The standard InChI is InChI=1S/C20H24ClNO3/c1-4-18(25-19-8-6-5-7-17(19)21)20(23)22-15(3)13-24-16-11-9-14(2)10-12-16/h5-12,15,18H,4,13H2,1-3H3,(H,22,23)/t15-,18-/m0/s1. The molecule has 2 aromatic carbocycles. The Hall–Kier alpha value is -2.20. The number of hydrogen-bond donors (Lipinski definition) is 1. The van der Waals surface area contributed by atoms with Crippen LogP contribution in [0.4, 0.5) is 0 Å². The van der Waals surface area contributed by atoms with Gasteiger partial charge < -0.3 is 14.8 Å². The lowest BCUT2D eigenvalue weighted by Crippen LogP contribution is -2.44. The van der Waals surface area contributed by atoms with E-state index in [4.69, 9.17) is 21.1 Å². The minimum atomic E-state index is -0.596. The Morgan fingerprint density at radius 2 is 1.84 bits per heavy atom. The predicted molar refractivity (Wildman–Crippen MR) is 100 cm³/mol. The first-order chi connectivity index (χ1) is 12.0. The monoisotopic (exact) mass is 361 g/mol. The van der Waals surface area contributed by atoms with Gasteiger partial charge in [0.15, 0.2) is 6.10 Å². The number of nitrogens with one attached hydrogen (secondary N) is 1. The zero-order valence-corrected chi connectivity index (χ0v) is 15.5. The van der Waals surface area contributed by atoms with Crippen LogP contribution in [0.25, 0.3) is 0 Å². The van der Waals surface area contributed by atoms with E-state index in [2.05, 4.69) is 5.32 Å². The van der Waals surface area contributed by atoms with Crippen molar-refractivity contribution in [3.63, 3.8) is 0 Å². The second-order valence-electron chi connectivity index (χ2n) is 5.98. The van der Waals surface area contributed by atoms with Gasteiger partial charge in [-0.3, -0.25) is 4.79 Å². The minimum Gasteiger partial charge on any atom is -0.491 e. The number of para-hydroxylation sites is 1. The number of rotatable bonds is 8. The van der Waals surface area contributed by atoms with E-state index in [1.807, 2.05) is 57.2 Å². The first kappa shape index (κ1) is 19.1. The summed E-state index contributed by atoms with van der Waals surface area (Å²) in [5, 5.41) is 3.41. The average molecular weight is 362 g/mol. The van der Waals surface area contributed by atoms with Crippen LogP contribution in [-0.4, -0.2) is 24.7 Å². The third kappa shape index (κ3) is 5.98. The fourth-order valence-electron chi connectivity index (χ4n) is 2.25. The molecule has 0 radical (unpaired) electrons. The average Bonchev–Trinajstić information content (AvgIpc) is 2.60. The molecule has 0 aliphatic heterocycles. The van der Waals surface area contributed by atoms with E-state index in [0.29, 0.717) is 23.8 Å². The quantitative estimate of drug-likeness (QED) is 0.758. The molecule has 1 amide bonds. The van der Waals surface area contributed by atoms with Gasteiger partial charge in [-0.1, -0.05) is 48.4 Å². The fourth-order valence-corrected chi connectivity index (χ4v) is 2.43. The molecule has 0 fully saturated rings. The summed E-state index contributed by atoms with van der Waals surface area (Å²) in [7, 11) is 0. The second kappa shape index (κ2) is 9.33. The van der Waals surface area contributed by atoms with Gasteiger partial charge in [0.25, 0.3) is 5.91 Å². The molecule has 0 unspecified atom stereocenters. The Labute approximate surface area is 154 Å². The molecule has 134 valence electrons. The number of carbonyl (C=O) groups excluding carboxylic acids is 1. The van der Waals surface area contributed by atoms with Crippen molar-refractivity contribution in [2.75, 3.05) is 6.61 Å². The number of amides is 1. The first-order valence-corrected chi connectivity index (χ1v) is 8.78. The summed E-state index contributed by atoms with van der Waals surface area (Å²) in [4.78, 5) is 12.4. The summed E-state index contributed by atoms with van der Waals surface area (Å²) in [5.74, 6) is 1.11. The van der Waals surface area contributed by atoms with Gasteiger partial charge in [-0.05, 0) is 44.5 Å². The van der Waals surface area contributed by atoms with E-state index in [0.717, 1.165) is 5.75 Å². The van der Waals surface area contributed by atoms with Crippen LogP contribution >= 0.6 is 11.6 Å². The highest BCUT2D eigenvalue weighted by Crippen LogP contribution is 2.24. The molecule has 2 rings (SSSR count). The normalized spacial score (nSPS) is 13.0. The lowest BCUT2D eigenvalue weighted by Gasteiger charge is -2.21. The maximum atomic E-state index is 12.4. The number of aryl methyl sites for hydroxylation is 1. The van der Waals surface area contributed by atoms with Gasteiger partial charge in [0.2, 0.25) is 0 Å². The fraction of sp³-hybridized carbons (Fsp3) is 0.350. The van der Waals surface area contributed by atoms with E-state index >= 15 is 0 Å². The summed E-state index contributed by atoms with van der Waals surface area (Å²) in [5.41, 5.74) is 1.18. The van der Waals surface area contributed by atoms with Crippen molar-refractivity contribution >= 4 is 17.5 Å². The van der Waals surface area contributed by atoms with Crippen molar-refractivity contribution in [1.29, 1.82) is 0 Å². The molecule has 0 saturated carbocycles. The Bertz CT molecular complexity index is 688. The van der Waals surface area contributed by atoms with Gasteiger partial charge in [-0.2, -0.15) is 0 Å². The molecule has 0 saturated heterocycles. The molecule has 0 aliphatic carbocycles. The lowest BCUT2D eigenvalue weighted by molar-refractivity contribution is -0.128. The smallest absolute Gasteiger partial charge is 0.261 e. The summed E-state index contributed by atoms with van der Waals surface area (Å²) in [6.45, 7) is 6.21. The molecule has 0 spiro atoms. The van der Waals surface area contributed by atoms with E-state index in [1.165, 1.54) is 5.56 Å². The number of ether oxygens (including phenoxy) is 2. The van der Waals surface area contributed by atoms with E-state index in [9.17, 15) is 4.79 Å². The van der Waals surface area contributed by atoms with Crippen LogP contribution in [0, 0.1) is 6.92 Å². The van der Waals surface area contributed by atoms with E-state index < -0.39 is 6.10 Å². The largest absolute Gasteiger partial charge is 0.491 e. The van der Waals surface area contributed by atoms with E-state index in [-0.39, 0.29) is 11.9 Å². The lowest BCUT2D eigenvalue weighted by atomic mass is 10.2. The van der Waals surface area contributed by atoms with Gasteiger partial charge >= 0.3 is 0 Å². The van der Waals surface area contributed by atoms with Crippen LogP contribution in [0.5, 0.6) is 11.5 Å². The third-order valence-electron chi connectivity index (χ3n) is 3.68. The van der Waals surface area contributed by atoms with Crippen molar-refractivity contribution in [2.24, 2.45) is 0 Å². The molecule has 2 atom stereocenters. The molecule has 0 aliphatic rings. The molecule has 25 heavy (non-hydrogen) atoms. The Balaban J connectivity index is 1.85. The zero-order valence-electron chi connectivity index (χ0n) is 14.8. The predicted octanol–water partition coefficient (Wildman–Crippen LogP) is 4.39. The highest BCUT2D eigenvalue weighted by molar-refractivity contribution is 6.32. The van der Waals surface area contributed by atoms with E-state index in [1.54, 1.807) is 12.1 Å². The van der Waals surface area contributed by atoms with Crippen molar-refractivity contribution in [2.45, 2.75) is 39.3 Å². The van der Waals surface area contributed by atoms with Crippen LogP contribution in [0.1, 0.15) is 25.8 Å². The Morgan fingerprint density at radius 1 is 1.16 bits per heavy atom. The number of benzene rings is 2. The Morgan fingerprint density at radius 3 is 2.48 bits per heavy atom. The molecule has 0 aromatic heterocycles. The molecule has 2 aromatic rings. The van der Waals surface area contributed by atoms with Crippen molar-refractivity contribution in [3.05, 3.63) is 59.1 Å². The molecular formula is C20H24ClNO3. The Kier molecular flexibility index (Phi) is 7.14. The molecule has 0 bridgehead atoms. The number of hydrogen-bond acceptors (Lipinski definition) is 3. The first-order valence-electron chi connectivity index (χ1n) is 8.40.